The van der Waals surface area contributed by atoms with Crippen molar-refractivity contribution >= 4 is 23.7 Å². The molecule has 5 nitrogen and oxygen atoms in total. The summed E-state index contributed by atoms with van der Waals surface area (Å²) in [5, 5.41) is 0.255. The Morgan fingerprint density at radius 3 is 2.43 bits per heavy atom. The molecule has 3 rings (SSSR count). The molecule has 2 fully saturated rings. The van der Waals surface area contributed by atoms with Crippen molar-refractivity contribution < 1.29 is 4.79 Å². The highest BCUT2D eigenvalue weighted by Gasteiger charge is 2.28. The molecule has 0 radical (unpaired) electrons. The Labute approximate surface area is 130 Å². The van der Waals surface area contributed by atoms with Gasteiger partial charge in [-0.2, -0.15) is 0 Å². The monoisotopic (exact) mass is 308 g/mol. The van der Waals surface area contributed by atoms with E-state index in [4.69, 9.17) is 11.6 Å². The number of aromatic nitrogens is 2. The molecular weight excluding hydrogens is 288 g/mol. The van der Waals surface area contributed by atoms with E-state index in [1.54, 1.807) is 6.92 Å². The summed E-state index contributed by atoms with van der Waals surface area (Å²) in [6, 6.07) is 0.758. The molecule has 0 spiro atoms. The van der Waals surface area contributed by atoms with Crippen molar-refractivity contribution in [3.8, 4) is 0 Å². The van der Waals surface area contributed by atoms with E-state index in [0.717, 1.165) is 38.5 Å². The minimum absolute atomic E-state index is 0.255. The molecule has 1 saturated carbocycles. The summed E-state index contributed by atoms with van der Waals surface area (Å²) in [6.07, 6.45) is 6.15. The van der Waals surface area contributed by atoms with Crippen LogP contribution < -0.4 is 4.90 Å². The van der Waals surface area contributed by atoms with Gasteiger partial charge in [0.15, 0.2) is 6.29 Å². The standard InChI is InChI=1S/C15H21ClN4O/c1-11-17-14(16)13(10-21)15(18-11)20-8-6-19(7-9-20)12-4-2-3-5-12/h10,12H,2-9H2,1H3. The number of carbonyl (C=O) groups excluding carboxylic acids is 1. The summed E-state index contributed by atoms with van der Waals surface area (Å²) >= 11 is 6.07. The molecule has 0 bridgehead atoms. The maximum Gasteiger partial charge on any atom is 0.156 e. The molecule has 6 heteroatoms. The van der Waals surface area contributed by atoms with Crippen LogP contribution in [0.15, 0.2) is 0 Å². The normalized spacial score (nSPS) is 21.0. The van der Waals surface area contributed by atoms with Gasteiger partial charge in [-0.3, -0.25) is 9.69 Å². The van der Waals surface area contributed by atoms with E-state index < -0.39 is 0 Å². The second kappa shape index (κ2) is 6.28. The Balaban J connectivity index is 1.73. The van der Waals surface area contributed by atoms with Gasteiger partial charge in [-0.15, -0.1) is 0 Å². The van der Waals surface area contributed by atoms with Crippen LogP contribution in [0.2, 0.25) is 5.15 Å². The third-order valence-corrected chi connectivity index (χ3v) is 4.85. The van der Waals surface area contributed by atoms with Gasteiger partial charge >= 0.3 is 0 Å². The molecule has 0 aromatic carbocycles. The number of rotatable bonds is 3. The SMILES string of the molecule is Cc1nc(Cl)c(C=O)c(N2CCN(C3CCCC3)CC2)n1. The van der Waals surface area contributed by atoms with Crippen molar-refractivity contribution in [1.82, 2.24) is 14.9 Å². The third-order valence-electron chi connectivity index (χ3n) is 4.56. The van der Waals surface area contributed by atoms with Crippen molar-refractivity contribution in [2.24, 2.45) is 0 Å². The van der Waals surface area contributed by atoms with Crippen LogP contribution in [0.3, 0.4) is 0 Å². The highest BCUT2D eigenvalue weighted by Crippen LogP contribution is 2.27. The van der Waals surface area contributed by atoms with Gasteiger partial charge in [-0.25, -0.2) is 9.97 Å². The van der Waals surface area contributed by atoms with Crippen molar-refractivity contribution in [1.29, 1.82) is 0 Å². The lowest BCUT2D eigenvalue weighted by Gasteiger charge is -2.39. The molecule has 1 aliphatic heterocycles. The molecule has 2 aliphatic rings. The fourth-order valence-corrected chi connectivity index (χ4v) is 3.70. The number of hydrogen-bond acceptors (Lipinski definition) is 5. The van der Waals surface area contributed by atoms with E-state index >= 15 is 0 Å². The van der Waals surface area contributed by atoms with Crippen LogP contribution in [-0.2, 0) is 0 Å². The summed E-state index contributed by atoms with van der Waals surface area (Å²) in [5.41, 5.74) is 0.414. The van der Waals surface area contributed by atoms with Crippen molar-refractivity contribution in [3.63, 3.8) is 0 Å². The van der Waals surface area contributed by atoms with E-state index in [9.17, 15) is 4.79 Å². The van der Waals surface area contributed by atoms with Crippen molar-refractivity contribution in [2.75, 3.05) is 31.1 Å². The topological polar surface area (TPSA) is 49.3 Å². The molecule has 1 saturated heterocycles. The van der Waals surface area contributed by atoms with Crippen LogP contribution >= 0.6 is 11.6 Å². The Hall–Kier alpha value is -1.20. The number of aldehydes is 1. The Morgan fingerprint density at radius 2 is 1.81 bits per heavy atom. The minimum atomic E-state index is 0.255. The molecule has 1 aromatic rings. The lowest BCUT2D eigenvalue weighted by molar-refractivity contribution is 0.112. The van der Waals surface area contributed by atoms with Crippen molar-refractivity contribution in [2.45, 2.75) is 38.6 Å². The molecule has 0 atom stereocenters. The zero-order valence-electron chi connectivity index (χ0n) is 12.4. The summed E-state index contributed by atoms with van der Waals surface area (Å²) in [6.45, 7) is 5.65. The molecule has 114 valence electrons. The van der Waals surface area contributed by atoms with E-state index in [2.05, 4.69) is 19.8 Å². The van der Waals surface area contributed by atoms with E-state index in [1.807, 2.05) is 0 Å². The van der Waals surface area contributed by atoms with Crippen LogP contribution in [0.4, 0.5) is 5.82 Å². The molecule has 1 aliphatic carbocycles. The van der Waals surface area contributed by atoms with Crippen LogP contribution in [0.1, 0.15) is 41.9 Å². The maximum absolute atomic E-state index is 11.3. The average molecular weight is 309 g/mol. The molecule has 1 aromatic heterocycles. The van der Waals surface area contributed by atoms with Gasteiger partial charge in [-0.05, 0) is 19.8 Å². The summed E-state index contributed by atoms with van der Waals surface area (Å²) < 4.78 is 0. The number of nitrogens with zero attached hydrogens (tertiary/aromatic N) is 4. The number of hydrogen-bond donors (Lipinski definition) is 0. The Kier molecular flexibility index (Phi) is 4.40. The quantitative estimate of drug-likeness (QED) is 0.633. The molecule has 21 heavy (non-hydrogen) atoms. The molecule has 2 heterocycles. The number of carbonyl (C=O) groups is 1. The second-order valence-electron chi connectivity index (χ2n) is 5.88. The predicted octanol–water partition coefficient (Wildman–Crippen LogP) is 2.32. The van der Waals surface area contributed by atoms with Crippen LogP contribution in [0.25, 0.3) is 0 Å². The van der Waals surface area contributed by atoms with Gasteiger partial charge in [0.1, 0.15) is 16.8 Å². The fourth-order valence-electron chi connectivity index (χ4n) is 3.44. The van der Waals surface area contributed by atoms with Gasteiger partial charge in [0.2, 0.25) is 0 Å². The van der Waals surface area contributed by atoms with Gasteiger partial charge in [0.25, 0.3) is 0 Å². The largest absolute Gasteiger partial charge is 0.353 e. The summed E-state index contributed by atoms with van der Waals surface area (Å²) in [5.74, 6) is 1.30. The zero-order chi connectivity index (χ0) is 14.8. The highest BCUT2D eigenvalue weighted by molar-refractivity contribution is 6.32. The average Bonchev–Trinajstić information content (AvgIpc) is 3.01. The first-order valence-electron chi connectivity index (χ1n) is 7.67. The van der Waals surface area contributed by atoms with E-state index in [0.29, 0.717) is 17.2 Å². The second-order valence-corrected chi connectivity index (χ2v) is 6.24. The predicted molar refractivity (Wildman–Crippen MR) is 83.2 cm³/mol. The fraction of sp³-hybridized carbons (Fsp3) is 0.667. The van der Waals surface area contributed by atoms with Crippen molar-refractivity contribution in [3.05, 3.63) is 16.5 Å². The number of aryl methyl sites for hydroxylation is 1. The summed E-state index contributed by atoms with van der Waals surface area (Å²) in [4.78, 5) is 24.5. The minimum Gasteiger partial charge on any atom is -0.353 e. The Bertz CT molecular complexity index is 523. The third kappa shape index (κ3) is 3.04. The smallest absolute Gasteiger partial charge is 0.156 e. The van der Waals surface area contributed by atoms with Gasteiger partial charge in [0, 0.05) is 32.2 Å². The first-order chi connectivity index (χ1) is 10.2. The number of anilines is 1. The van der Waals surface area contributed by atoms with Crippen LogP contribution in [0, 0.1) is 6.92 Å². The molecule has 0 amide bonds. The first-order valence-corrected chi connectivity index (χ1v) is 8.05. The van der Waals surface area contributed by atoms with Gasteiger partial charge < -0.3 is 4.90 Å². The zero-order valence-corrected chi connectivity index (χ0v) is 13.1. The molecule has 0 unspecified atom stereocenters. The Morgan fingerprint density at radius 1 is 1.14 bits per heavy atom. The number of halogens is 1. The highest BCUT2D eigenvalue weighted by atomic mass is 35.5. The first kappa shape index (κ1) is 14.7. The van der Waals surface area contributed by atoms with Gasteiger partial charge in [-0.1, -0.05) is 24.4 Å². The lowest BCUT2D eigenvalue weighted by Crippen LogP contribution is -2.50. The molecule has 0 N–H and O–H groups in total. The van der Waals surface area contributed by atoms with Gasteiger partial charge in [0.05, 0.1) is 5.56 Å². The lowest BCUT2D eigenvalue weighted by atomic mass is 10.1. The van der Waals surface area contributed by atoms with E-state index in [-0.39, 0.29) is 5.15 Å². The van der Waals surface area contributed by atoms with Crippen LogP contribution in [0.5, 0.6) is 0 Å². The van der Waals surface area contributed by atoms with E-state index in [1.165, 1.54) is 25.7 Å². The number of piperazine rings is 1. The molecular formula is C15H21ClN4O. The maximum atomic E-state index is 11.3. The summed E-state index contributed by atoms with van der Waals surface area (Å²) in [7, 11) is 0. The van der Waals surface area contributed by atoms with Crippen LogP contribution in [-0.4, -0.2) is 53.4 Å².